The molecular weight excluding hydrogens is 310 g/mol. The van der Waals surface area contributed by atoms with Crippen LogP contribution in [0.15, 0.2) is 59.7 Å². The highest BCUT2D eigenvalue weighted by Gasteiger charge is 2.22. The van der Waals surface area contributed by atoms with Gasteiger partial charge in [0.15, 0.2) is 0 Å². The second kappa shape index (κ2) is 7.28. The van der Waals surface area contributed by atoms with Crippen molar-refractivity contribution in [2.24, 2.45) is 4.99 Å². The number of carbonyl (C=O) groups excluding carboxylic acids is 2. The molecule has 0 N–H and O–H groups in total. The molecule has 6 heteroatoms. The van der Waals surface area contributed by atoms with Crippen LogP contribution < -0.4 is 5.49 Å². The van der Waals surface area contributed by atoms with Gasteiger partial charge in [0, 0.05) is 12.7 Å². The third-order valence-electron chi connectivity index (χ3n) is 3.50. The van der Waals surface area contributed by atoms with Crippen LogP contribution in [-0.4, -0.2) is 39.5 Å². The van der Waals surface area contributed by atoms with Gasteiger partial charge in [0.2, 0.25) is 5.91 Å². The Kier molecular flexibility index (Phi) is 4.92. The molecule has 1 aliphatic rings. The molecule has 5 nitrogen and oxygen atoms in total. The van der Waals surface area contributed by atoms with E-state index in [0.29, 0.717) is 23.7 Å². The number of aromatic nitrogens is 1. The largest absolute Gasteiger partial charge is 0.328 e. The van der Waals surface area contributed by atoms with Crippen molar-refractivity contribution in [2.45, 2.75) is 6.54 Å². The van der Waals surface area contributed by atoms with Gasteiger partial charge in [0.25, 0.3) is 5.91 Å². The van der Waals surface area contributed by atoms with Crippen molar-refractivity contribution in [2.75, 3.05) is 18.2 Å². The summed E-state index contributed by atoms with van der Waals surface area (Å²) in [7, 11) is 0. The Morgan fingerprint density at radius 2 is 1.91 bits per heavy atom. The molecule has 0 bridgehead atoms. The molecule has 0 spiro atoms. The smallest absolute Gasteiger partial charge is 0.267 e. The molecule has 1 aromatic heterocycles. The van der Waals surface area contributed by atoms with Gasteiger partial charge in [0.05, 0.1) is 11.6 Å². The van der Waals surface area contributed by atoms with E-state index in [4.69, 9.17) is 0 Å². The summed E-state index contributed by atoms with van der Waals surface area (Å²) in [5, 5.41) is 0. The molecule has 2 aromatic rings. The number of pyridine rings is 1. The minimum atomic E-state index is -0.297. The van der Waals surface area contributed by atoms with E-state index < -0.39 is 0 Å². The van der Waals surface area contributed by atoms with Crippen molar-refractivity contribution in [3.63, 3.8) is 0 Å². The van der Waals surface area contributed by atoms with Crippen LogP contribution in [0, 0.1) is 0 Å². The second-order valence-corrected chi connectivity index (χ2v) is 6.20. The first-order valence-corrected chi connectivity index (χ1v) is 8.50. The quantitative estimate of drug-likeness (QED) is 0.855. The van der Waals surface area contributed by atoms with Crippen LogP contribution in [0.5, 0.6) is 0 Å². The van der Waals surface area contributed by atoms with Crippen LogP contribution in [0.2, 0.25) is 0 Å². The van der Waals surface area contributed by atoms with Gasteiger partial charge < -0.3 is 9.47 Å². The number of thioether (sulfide) groups is 1. The summed E-state index contributed by atoms with van der Waals surface area (Å²) in [4.78, 5) is 29.4. The lowest BCUT2D eigenvalue weighted by atomic mass is 10.2. The Bertz CT molecular complexity index is 771. The molecule has 1 aliphatic heterocycles. The highest BCUT2D eigenvalue weighted by molar-refractivity contribution is 8.00. The average molecular weight is 327 g/mol. The van der Waals surface area contributed by atoms with E-state index >= 15 is 0 Å². The van der Waals surface area contributed by atoms with E-state index in [2.05, 4.69) is 4.99 Å². The molecule has 0 atom stereocenters. The predicted octanol–water partition coefficient (Wildman–Crippen LogP) is 1.50. The fourth-order valence-corrected chi connectivity index (χ4v) is 3.25. The van der Waals surface area contributed by atoms with Crippen molar-refractivity contribution in [3.8, 4) is 0 Å². The SMILES string of the molecule is O=C(CN1CSCC1=O)N=c1ccccn1Cc1ccccc1. The summed E-state index contributed by atoms with van der Waals surface area (Å²) < 4.78 is 1.92. The molecule has 1 saturated heterocycles. The molecule has 2 amide bonds. The van der Waals surface area contributed by atoms with E-state index in [9.17, 15) is 9.59 Å². The van der Waals surface area contributed by atoms with Gasteiger partial charge in [-0.05, 0) is 17.7 Å². The summed E-state index contributed by atoms with van der Waals surface area (Å²) in [6, 6.07) is 15.6. The zero-order valence-corrected chi connectivity index (χ0v) is 13.4. The Morgan fingerprint density at radius 1 is 1.13 bits per heavy atom. The normalized spacial score (nSPS) is 15.2. The number of amides is 2. The number of benzene rings is 1. The zero-order chi connectivity index (χ0) is 16.1. The Labute approximate surface area is 138 Å². The molecule has 0 radical (unpaired) electrons. The van der Waals surface area contributed by atoms with Gasteiger partial charge >= 0.3 is 0 Å². The van der Waals surface area contributed by atoms with Crippen LogP contribution >= 0.6 is 11.8 Å². The maximum absolute atomic E-state index is 12.1. The monoisotopic (exact) mass is 327 g/mol. The first kappa shape index (κ1) is 15.6. The molecular formula is C17H17N3O2S. The van der Waals surface area contributed by atoms with E-state index in [1.54, 1.807) is 11.0 Å². The minimum Gasteiger partial charge on any atom is -0.328 e. The Balaban J connectivity index is 1.79. The van der Waals surface area contributed by atoms with Crippen molar-refractivity contribution in [1.82, 2.24) is 9.47 Å². The average Bonchev–Trinajstić information content (AvgIpc) is 2.95. The maximum atomic E-state index is 12.1. The third-order valence-corrected chi connectivity index (χ3v) is 4.45. The van der Waals surface area contributed by atoms with Crippen molar-refractivity contribution < 1.29 is 9.59 Å². The molecule has 23 heavy (non-hydrogen) atoms. The van der Waals surface area contributed by atoms with Crippen LogP contribution in [0.4, 0.5) is 0 Å². The van der Waals surface area contributed by atoms with Crippen LogP contribution in [-0.2, 0) is 16.1 Å². The van der Waals surface area contributed by atoms with Crippen molar-refractivity contribution in [3.05, 3.63) is 65.8 Å². The van der Waals surface area contributed by atoms with Gasteiger partial charge in [-0.3, -0.25) is 9.59 Å². The predicted molar refractivity (Wildman–Crippen MR) is 89.6 cm³/mol. The summed E-state index contributed by atoms with van der Waals surface area (Å²) in [5.41, 5.74) is 1.74. The van der Waals surface area contributed by atoms with E-state index in [-0.39, 0.29) is 18.4 Å². The van der Waals surface area contributed by atoms with Gasteiger partial charge in [0.1, 0.15) is 12.0 Å². The molecule has 0 saturated carbocycles. The maximum Gasteiger partial charge on any atom is 0.267 e. The van der Waals surface area contributed by atoms with Crippen molar-refractivity contribution in [1.29, 1.82) is 0 Å². The standard InChI is InChI=1S/C17H17N3O2S/c21-16(11-20-13-23-12-17(20)22)18-15-8-4-5-9-19(15)10-14-6-2-1-3-7-14/h1-9H,10-13H2. The van der Waals surface area contributed by atoms with Crippen LogP contribution in [0.1, 0.15) is 5.56 Å². The van der Waals surface area contributed by atoms with Crippen LogP contribution in [0.25, 0.3) is 0 Å². The summed E-state index contributed by atoms with van der Waals surface area (Å²) in [6.45, 7) is 0.693. The number of hydrogen-bond donors (Lipinski definition) is 0. The summed E-state index contributed by atoms with van der Waals surface area (Å²) in [5.74, 6) is 0.726. The fraction of sp³-hybridized carbons (Fsp3) is 0.235. The molecule has 1 fully saturated rings. The summed E-state index contributed by atoms with van der Waals surface area (Å²) in [6.07, 6.45) is 1.90. The van der Waals surface area contributed by atoms with Gasteiger partial charge in [-0.1, -0.05) is 36.4 Å². The Morgan fingerprint density at radius 3 is 2.65 bits per heavy atom. The number of hydrogen-bond acceptors (Lipinski definition) is 3. The van der Waals surface area contributed by atoms with E-state index in [1.165, 1.54) is 11.8 Å². The molecule has 0 unspecified atom stereocenters. The highest BCUT2D eigenvalue weighted by atomic mass is 32.2. The lowest BCUT2D eigenvalue weighted by Crippen LogP contribution is -2.32. The lowest BCUT2D eigenvalue weighted by Gasteiger charge is -2.11. The molecule has 1 aromatic carbocycles. The lowest BCUT2D eigenvalue weighted by molar-refractivity contribution is -0.131. The molecule has 118 valence electrons. The number of rotatable bonds is 4. The first-order chi connectivity index (χ1) is 11.2. The highest BCUT2D eigenvalue weighted by Crippen LogP contribution is 2.14. The van der Waals surface area contributed by atoms with Gasteiger partial charge in [-0.2, -0.15) is 4.99 Å². The fourth-order valence-electron chi connectivity index (χ4n) is 2.35. The second-order valence-electron chi connectivity index (χ2n) is 5.25. The van der Waals surface area contributed by atoms with Gasteiger partial charge in [-0.15, -0.1) is 11.8 Å². The first-order valence-electron chi connectivity index (χ1n) is 7.35. The number of carbonyl (C=O) groups is 2. The minimum absolute atomic E-state index is 0.00349. The van der Waals surface area contributed by atoms with E-state index in [0.717, 1.165) is 5.56 Å². The molecule has 2 heterocycles. The molecule has 3 rings (SSSR count). The molecule has 0 aliphatic carbocycles. The van der Waals surface area contributed by atoms with Crippen molar-refractivity contribution >= 4 is 23.6 Å². The van der Waals surface area contributed by atoms with Gasteiger partial charge in [-0.25, -0.2) is 0 Å². The number of nitrogens with zero attached hydrogens (tertiary/aromatic N) is 3. The Hall–Kier alpha value is -2.34. The zero-order valence-electron chi connectivity index (χ0n) is 12.6. The van der Waals surface area contributed by atoms with Crippen LogP contribution in [0.3, 0.4) is 0 Å². The third kappa shape index (κ3) is 4.10. The topological polar surface area (TPSA) is 54.7 Å². The van der Waals surface area contributed by atoms with E-state index in [1.807, 2.05) is 53.2 Å². The summed E-state index contributed by atoms with van der Waals surface area (Å²) >= 11 is 1.52.